The first-order chi connectivity index (χ1) is 8.76. The van der Waals surface area contributed by atoms with Gasteiger partial charge in [-0.2, -0.15) is 0 Å². The Labute approximate surface area is 108 Å². The first-order valence-corrected chi connectivity index (χ1v) is 6.28. The van der Waals surface area contributed by atoms with Crippen molar-refractivity contribution in [1.29, 1.82) is 0 Å². The Balaban J connectivity index is 2.05. The highest BCUT2D eigenvalue weighted by Crippen LogP contribution is 2.26. The summed E-state index contributed by atoms with van der Waals surface area (Å²) in [4.78, 5) is 10.8. The molecule has 0 radical (unpaired) electrons. The Kier molecular flexibility index (Phi) is 4.33. The number of nitrogens with two attached hydrogens (primary N) is 1. The number of piperidine rings is 1. The van der Waals surface area contributed by atoms with E-state index in [4.69, 9.17) is 10.6 Å². The largest absolute Gasteiger partial charge is 0.384 e. The van der Waals surface area contributed by atoms with Crippen LogP contribution in [0.2, 0.25) is 0 Å². The third kappa shape index (κ3) is 2.70. The number of nitrogen functional groups attached to an aromatic ring is 1. The fourth-order valence-corrected chi connectivity index (χ4v) is 2.45. The molecule has 0 aliphatic carbocycles. The summed E-state index contributed by atoms with van der Waals surface area (Å²) in [6.07, 6.45) is 3.84. The van der Waals surface area contributed by atoms with Crippen LogP contribution in [-0.2, 0) is 4.74 Å². The van der Waals surface area contributed by atoms with Crippen LogP contribution in [0, 0.1) is 12.8 Å². The minimum absolute atomic E-state index is 0.667. The van der Waals surface area contributed by atoms with Crippen LogP contribution in [0.4, 0.5) is 11.6 Å². The van der Waals surface area contributed by atoms with Crippen molar-refractivity contribution in [3.63, 3.8) is 0 Å². The molecule has 6 heteroatoms. The molecule has 0 amide bonds. The van der Waals surface area contributed by atoms with Gasteiger partial charge in [0.05, 0.1) is 0 Å². The van der Waals surface area contributed by atoms with E-state index in [0.29, 0.717) is 11.7 Å². The Morgan fingerprint density at radius 1 is 1.44 bits per heavy atom. The molecule has 100 valence electrons. The lowest BCUT2D eigenvalue weighted by Gasteiger charge is -2.33. The number of aromatic nitrogens is 2. The van der Waals surface area contributed by atoms with Crippen molar-refractivity contribution in [2.45, 2.75) is 19.8 Å². The van der Waals surface area contributed by atoms with Gasteiger partial charge in [-0.25, -0.2) is 15.8 Å². The van der Waals surface area contributed by atoms with Crippen LogP contribution in [0.25, 0.3) is 0 Å². The van der Waals surface area contributed by atoms with Crippen molar-refractivity contribution in [1.82, 2.24) is 9.97 Å². The number of nitrogens with zero attached hydrogens (tertiary/aromatic N) is 3. The summed E-state index contributed by atoms with van der Waals surface area (Å²) in [5.74, 6) is 7.78. The lowest BCUT2D eigenvalue weighted by molar-refractivity contribution is 0.139. The maximum Gasteiger partial charge on any atom is 0.148 e. The molecule has 1 saturated heterocycles. The van der Waals surface area contributed by atoms with E-state index >= 15 is 0 Å². The molecule has 0 spiro atoms. The van der Waals surface area contributed by atoms with Crippen molar-refractivity contribution < 1.29 is 4.74 Å². The molecule has 0 aromatic carbocycles. The Bertz CT molecular complexity index is 390. The molecular formula is C12H21N5O. The van der Waals surface area contributed by atoms with Crippen molar-refractivity contribution >= 4 is 11.6 Å². The molecular weight excluding hydrogens is 230 g/mol. The topological polar surface area (TPSA) is 76.3 Å². The molecule has 0 saturated carbocycles. The van der Waals surface area contributed by atoms with Crippen molar-refractivity contribution in [2.24, 2.45) is 11.8 Å². The number of hydrazine groups is 1. The molecule has 1 aromatic heterocycles. The fourth-order valence-electron chi connectivity index (χ4n) is 2.45. The van der Waals surface area contributed by atoms with Crippen molar-refractivity contribution in [2.75, 3.05) is 37.1 Å². The van der Waals surface area contributed by atoms with Crippen molar-refractivity contribution in [3.05, 3.63) is 11.9 Å². The zero-order valence-corrected chi connectivity index (χ0v) is 11.0. The maximum absolute atomic E-state index is 5.44. The third-order valence-electron chi connectivity index (χ3n) is 3.51. The Morgan fingerprint density at radius 3 is 2.78 bits per heavy atom. The molecule has 18 heavy (non-hydrogen) atoms. The van der Waals surface area contributed by atoms with Gasteiger partial charge >= 0.3 is 0 Å². The van der Waals surface area contributed by atoms with E-state index in [2.05, 4.69) is 20.3 Å². The number of hydrogen-bond acceptors (Lipinski definition) is 6. The number of hydrogen-bond donors (Lipinski definition) is 2. The average molecular weight is 251 g/mol. The zero-order chi connectivity index (χ0) is 13.0. The molecule has 0 unspecified atom stereocenters. The fraction of sp³-hybridized carbons (Fsp3) is 0.667. The molecule has 0 bridgehead atoms. The molecule has 2 heterocycles. The van der Waals surface area contributed by atoms with E-state index in [-0.39, 0.29) is 0 Å². The quantitative estimate of drug-likeness (QED) is 0.612. The second kappa shape index (κ2) is 5.97. The Morgan fingerprint density at radius 2 is 2.17 bits per heavy atom. The average Bonchev–Trinajstić information content (AvgIpc) is 2.41. The number of nitrogens with one attached hydrogen (secondary N) is 1. The first-order valence-electron chi connectivity index (χ1n) is 6.28. The number of ether oxygens (including phenoxy) is 1. The monoisotopic (exact) mass is 251 g/mol. The van der Waals surface area contributed by atoms with Crippen molar-refractivity contribution in [3.8, 4) is 0 Å². The van der Waals surface area contributed by atoms with E-state index < -0.39 is 0 Å². The first kappa shape index (κ1) is 13.0. The molecule has 1 fully saturated rings. The lowest BCUT2D eigenvalue weighted by atomic mass is 9.97. The minimum atomic E-state index is 0.667. The van der Waals surface area contributed by atoms with Gasteiger partial charge in [-0.15, -0.1) is 0 Å². The molecule has 2 rings (SSSR count). The van der Waals surface area contributed by atoms with Crippen LogP contribution in [-0.4, -0.2) is 36.8 Å². The van der Waals surface area contributed by atoms with E-state index in [0.717, 1.165) is 43.9 Å². The van der Waals surface area contributed by atoms with Gasteiger partial charge in [0.2, 0.25) is 0 Å². The van der Waals surface area contributed by atoms with Crippen LogP contribution in [0.3, 0.4) is 0 Å². The summed E-state index contributed by atoms with van der Waals surface area (Å²) >= 11 is 0. The molecule has 1 aliphatic rings. The van der Waals surface area contributed by atoms with Gasteiger partial charge in [0.1, 0.15) is 18.0 Å². The lowest BCUT2D eigenvalue weighted by Crippen LogP contribution is -2.36. The smallest absolute Gasteiger partial charge is 0.148 e. The summed E-state index contributed by atoms with van der Waals surface area (Å²) in [7, 11) is 1.76. The van der Waals surface area contributed by atoms with Gasteiger partial charge in [-0.1, -0.05) is 0 Å². The number of anilines is 2. The predicted molar refractivity (Wildman–Crippen MR) is 71.4 cm³/mol. The third-order valence-corrected chi connectivity index (χ3v) is 3.51. The maximum atomic E-state index is 5.44. The highest BCUT2D eigenvalue weighted by Gasteiger charge is 2.21. The summed E-state index contributed by atoms with van der Waals surface area (Å²) in [5.41, 5.74) is 3.61. The zero-order valence-electron chi connectivity index (χ0n) is 11.0. The Hall–Kier alpha value is -1.40. The second-order valence-corrected chi connectivity index (χ2v) is 4.70. The summed E-state index contributed by atoms with van der Waals surface area (Å²) < 4.78 is 5.21. The standard InChI is InChI=1S/C12H21N5O/c1-9-11(16-13)14-8-15-12(9)17-5-3-10(4-6-17)7-18-2/h8,10H,3-7,13H2,1-2H3,(H,14,15,16). The van der Waals surface area contributed by atoms with Gasteiger partial charge in [0.15, 0.2) is 0 Å². The predicted octanol–water partition coefficient (Wildman–Crippen LogP) is 0.933. The number of rotatable bonds is 4. The molecule has 6 nitrogen and oxygen atoms in total. The SMILES string of the molecule is COCC1CCN(c2ncnc(NN)c2C)CC1. The summed E-state index contributed by atoms with van der Waals surface area (Å²) in [6, 6.07) is 0. The van der Waals surface area contributed by atoms with Crippen LogP contribution in [0.1, 0.15) is 18.4 Å². The van der Waals surface area contributed by atoms with Crippen LogP contribution >= 0.6 is 0 Å². The van der Waals surface area contributed by atoms with E-state index in [1.807, 2.05) is 6.92 Å². The molecule has 1 aromatic rings. The normalized spacial score (nSPS) is 16.9. The van der Waals surface area contributed by atoms with Gasteiger partial charge in [0.25, 0.3) is 0 Å². The molecule has 1 aliphatic heterocycles. The highest BCUT2D eigenvalue weighted by atomic mass is 16.5. The van der Waals surface area contributed by atoms with Crippen LogP contribution < -0.4 is 16.2 Å². The molecule has 0 atom stereocenters. The highest BCUT2D eigenvalue weighted by molar-refractivity contribution is 5.57. The van der Waals surface area contributed by atoms with E-state index in [1.54, 1.807) is 13.4 Å². The molecule has 3 N–H and O–H groups in total. The number of methoxy groups -OCH3 is 1. The van der Waals surface area contributed by atoms with Gasteiger partial charge in [-0.3, -0.25) is 0 Å². The van der Waals surface area contributed by atoms with Crippen LogP contribution in [0.5, 0.6) is 0 Å². The van der Waals surface area contributed by atoms with Crippen LogP contribution in [0.15, 0.2) is 6.33 Å². The second-order valence-electron chi connectivity index (χ2n) is 4.70. The van der Waals surface area contributed by atoms with E-state index in [9.17, 15) is 0 Å². The van der Waals surface area contributed by atoms with Gasteiger partial charge in [0, 0.05) is 32.4 Å². The van der Waals surface area contributed by atoms with E-state index in [1.165, 1.54) is 0 Å². The van der Waals surface area contributed by atoms with Gasteiger partial charge < -0.3 is 15.1 Å². The minimum Gasteiger partial charge on any atom is -0.384 e. The van der Waals surface area contributed by atoms with Gasteiger partial charge in [-0.05, 0) is 25.7 Å². The summed E-state index contributed by atoms with van der Waals surface area (Å²) in [6.45, 7) is 4.86. The summed E-state index contributed by atoms with van der Waals surface area (Å²) in [5, 5.41) is 0.